The van der Waals surface area contributed by atoms with E-state index in [-0.39, 0.29) is 60.9 Å². The molecule has 1 aromatic heterocycles. The number of alkyl halides is 3. The summed E-state index contributed by atoms with van der Waals surface area (Å²) >= 11 is 5.78. The van der Waals surface area contributed by atoms with Crippen molar-refractivity contribution in [3.05, 3.63) is 41.0 Å². The molecule has 0 aliphatic carbocycles. The number of carbonyl (C=O) groups is 1. The van der Waals surface area contributed by atoms with Gasteiger partial charge in [-0.2, -0.15) is 17.5 Å². The van der Waals surface area contributed by atoms with Crippen LogP contribution in [0.25, 0.3) is 0 Å². The number of anilines is 2. The lowest BCUT2D eigenvalue weighted by atomic mass is 10.1. The third-order valence-electron chi connectivity index (χ3n) is 6.35. The summed E-state index contributed by atoms with van der Waals surface area (Å²) in [7, 11) is -3.95. The van der Waals surface area contributed by atoms with E-state index in [1.807, 2.05) is 0 Å². The van der Waals surface area contributed by atoms with E-state index in [9.17, 15) is 26.4 Å². The second kappa shape index (κ2) is 8.94. The molecule has 3 aliphatic heterocycles. The number of carbonyl (C=O) groups excluding carboxylic acids is 1. The SMILES string of the molecule is NC[C@@H]1OC(=O)N2c3ccc(S(=O)(=O)N4CCN(c5cc(C(F)(F)F)cc(Cl)n5)CC4)cc3OC[C@H]12. The summed E-state index contributed by atoms with van der Waals surface area (Å²) in [4.78, 5) is 19.2. The summed E-state index contributed by atoms with van der Waals surface area (Å²) in [6.45, 7) is 0.519. The number of amides is 1. The summed E-state index contributed by atoms with van der Waals surface area (Å²) in [6.07, 6.45) is -5.68. The summed E-state index contributed by atoms with van der Waals surface area (Å²) in [5.41, 5.74) is 5.12. The molecule has 194 valence electrons. The van der Waals surface area contributed by atoms with E-state index in [2.05, 4.69) is 4.98 Å². The minimum atomic E-state index is -4.59. The van der Waals surface area contributed by atoms with Gasteiger partial charge >= 0.3 is 12.3 Å². The fourth-order valence-corrected chi connectivity index (χ4v) is 6.13. The minimum absolute atomic E-state index is 0.0223. The lowest BCUT2D eigenvalue weighted by Gasteiger charge is -2.35. The van der Waals surface area contributed by atoms with Gasteiger partial charge in [0.1, 0.15) is 35.5 Å². The minimum Gasteiger partial charge on any atom is -0.489 e. The molecule has 10 nitrogen and oxygen atoms in total. The second-order valence-corrected chi connectivity index (χ2v) is 10.8. The van der Waals surface area contributed by atoms with Gasteiger partial charge in [-0.3, -0.25) is 4.90 Å². The van der Waals surface area contributed by atoms with Crippen LogP contribution in [0.3, 0.4) is 0 Å². The molecule has 0 spiro atoms. The van der Waals surface area contributed by atoms with Gasteiger partial charge in [-0.1, -0.05) is 11.6 Å². The summed E-state index contributed by atoms with van der Waals surface area (Å²) in [5, 5.41) is -0.300. The molecule has 0 unspecified atom stereocenters. The maximum absolute atomic E-state index is 13.3. The van der Waals surface area contributed by atoms with Crippen LogP contribution in [-0.4, -0.2) is 75.3 Å². The van der Waals surface area contributed by atoms with Gasteiger partial charge in [0.15, 0.2) is 0 Å². The van der Waals surface area contributed by atoms with Gasteiger partial charge in [-0.25, -0.2) is 18.2 Å². The highest BCUT2D eigenvalue weighted by Gasteiger charge is 2.46. The Hall–Kier alpha value is -2.81. The third-order valence-corrected chi connectivity index (χ3v) is 8.44. The molecule has 0 radical (unpaired) electrons. The number of aromatic nitrogens is 1. The summed E-state index contributed by atoms with van der Waals surface area (Å²) in [5.74, 6) is 0.250. The maximum atomic E-state index is 13.3. The Kier molecular flexibility index (Phi) is 6.17. The Morgan fingerprint density at radius 1 is 1.14 bits per heavy atom. The van der Waals surface area contributed by atoms with Gasteiger partial charge in [0.05, 0.1) is 16.1 Å². The van der Waals surface area contributed by atoms with Crippen LogP contribution in [0.15, 0.2) is 35.2 Å². The standard InChI is InChI=1S/C21H21ClF3N5O5S/c22-18-7-12(21(23,24)25)8-19(27-18)28-3-5-29(6-4-28)36(32,33)13-1-2-14-16(9-13)34-11-15-17(10-26)35-20(31)30(14)15/h1-2,7-9,15,17H,3-6,10-11,26H2/t15-,17+/m1/s1. The molecule has 2 atom stereocenters. The molecule has 1 aromatic carbocycles. The van der Waals surface area contributed by atoms with Crippen molar-refractivity contribution in [2.75, 3.05) is 49.1 Å². The zero-order valence-electron chi connectivity index (χ0n) is 18.6. The van der Waals surface area contributed by atoms with Gasteiger partial charge in [0.25, 0.3) is 0 Å². The van der Waals surface area contributed by atoms with Crippen LogP contribution in [0.5, 0.6) is 5.75 Å². The predicted molar refractivity (Wildman–Crippen MR) is 123 cm³/mol. The van der Waals surface area contributed by atoms with Gasteiger partial charge in [0, 0.05) is 38.8 Å². The van der Waals surface area contributed by atoms with Crippen LogP contribution in [0.1, 0.15) is 5.56 Å². The highest BCUT2D eigenvalue weighted by atomic mass is 35.5. The van der Waals surface area contributed by atoms with Crippen molar-refractivity contribution in [1.29, 1.82) is 0 Å². The quantitative estimate of drug-likeness (QED) is 0.579. The van der Waals surface area contributed by atoms with Crippen LogP contribution in [-0.2, 0) is 20.9 Å². The number of pyridine rings is 1. The molecule has 36 heavy (non-hydrogen) atoms. The van der Waals surface area contributed by atoms with Gasteiger partial charge in [-0.15, -0.1) is 0 Å². The molecule has 2 saturated heterocycles. The zero-order chi connectivity index (χ0) is 25.8. The number of hydrogen-bond donors (Lipinski definition) is 1. The third kappa shape index (κ3) is 4.31. The largest absolute Gasteiger partial charge is 0.489 e. The molecule has 2 aromatic rings. The Bertz CT molecular complexity index is 1300. The van der Waals surface area contributed by atoms with Crippen LogP contribution in [0, 0.1) is 0 Å². The molecule has 5 rings (SSSR count). The number of benzene rings is 1. The highest BCUT2D eigenvalue weighted by molar-refractivity contribution is 7.89. The van der Waals surface area contributed by atoms with E-state index in [1.165, 1.54) is 27.4 Å². The first-order valence-corrected chi connectivity index (χ1v) is 12.8. The normalized spacial score (nSPS) is 22.6. The van der Waals surface area contributed by atoms with Crippen molar-refractivity contribution in [2.24, 2.45) is 5.73 Å². The zero-order valence-corrected chi connectivity index (χ0v) is 20.2. The monoisotopic (exact) mass is 547 g/mol. The number of nitrogens with two attached hydrogens (primary N) is 1. The number of rotatable bonds is 4. The van der Waals surface area contributed by atoms with Crippen molar-refractivity contribution < 1.29 is 35.9 Å². The Morgan fingerprint density at radius 2 is 1.86 bits per heavy atom. The number of fused-ring (bicyclic) bond motifs is 3. The second-order valence-electron chi connectivity index (χ2n) is 8.46. The van der Waals surface area contributed by atoms with Crippen LogP contribution < -0.4 is 20.3 Å². The number of cyclic esters (lactones) is 1. The van der Waals surface area contributed by atoms with E-state index in [1.54, 1.807) is 4.90 Å². The number of sulfonamides is 1. The predicted octanol–water partition coefficient (Wildman–Crippen LogP) is 2.31. The number of hydrogen-bond acceptors (Lipinski definition) is 8. The van der Waals surface area contributed by atoms with Crippen LogP contribution in [0.2, 0.25) is 5.15 Å². The van der Waals surface area contributed by atoms with Crippen molar-refractivity contribution in [1.82, 2.24) is 9.29 Å². The first-order chi connectivity index (χ1) is 17.0. The molecular formula is C21H21ClF3N5O5S. The smallest absolute Gasteiger partial charge is 0.416 e. The topological polar surface area (TPSA) is 118 Å². The molecule has 0 saturated carbocycles. The van der Waals surface area contributed by atoms with E-state index in [0.717, 1.165) is 12.1 Å². The molecule has 4 heterocycles. The fourth-order valence-electron chi connectivity index (χ4n) is 4.49. The first kappa shape index (κ1) is 24.9. The molecule has 2 N–H and O–H groups in total. The lowest BCUT2D eigenvalue weighted by molar-refractivity contribution is -0.137. The summed E-state index contributed by atoms with van der Waals surface area (Å²) in [6, 6.07) is 5.45. The lowest BCUT2D eigenvalue weighted by Crippen LogP contribution is -2.49. The average Bonchev–Trinajstić information content (AvgIpc) is 3.18. The van der Waals surface area contributed by atoms with Crippen molar-refractivity contribution in [3.8, 4) is 5.75 Å². The van der Waals surface area contributed by atoms with Crippen molar-refractivity contribution in [2.45, 2.75) is 23.2 Å². The number of piperazine rings is 1. The molecule has 2 fully saturated rings. The molecule has 0 bridgehead atoms. The van der Waals surface area contributed by atoms with Gasteiger partial charge < -0.3 is 20.1 Å². The summed E-state index contributed by atoms with van der Waals surface area (Å²) < 4.78 is 78.2. The highest BCUT2D eigenvalue weighted by Crippen LogP contribution is 2.40. The van der Waals surface area contributed by atoms with Crippen molar-refractivity contribution in [3.63, 3.8) is 0 Å². The first-order valence-electron chi connectivity index (χ1n) is 11.0. The van der Waals surface area contributed by atoms with Gasteiger partial charge in [0.2, 0.25) is 10.0 Å². The molecule has 1 amide bonds. The molecule has 15 heteroatoms. The maximum Gasteiger partial charge on any atom is 0.416 e. The Labute approximate surface area is 209 Å². The number of halogens is 4. The Morgan fingerprint density at radius 3 is 2.53 bits per heavy atom. The van der Waals surface area contributed by atoms with Gasteiger partial charge in [-0.05, 0) is 24.3 Å². The van der Waals surface area contributed by atoms with E-state index in [4.69, 9.17) is 26.8 Å². The van der Waals surface area contributed by atoms with Crippen LogP contribution >= 0.6 is 11.6 Å². The number of ether oxygens (including phenoxy) is 2. The van der Waals surface area contributed by atoms with E-state index in [0.29, 0.717) is 5.69 Å². The Balaban J connectivity index is 1.32. The average molecular weight is 548 g/mol. The van der Waals surface area contributed by atoms with E-state index < -0.39 is 40.0 Å². The number of nitrogens with zero attached hydrogens (tertiary/aromatic N) is 4. The van der Waals surface area contributed by atoms with Crippen LogP contribution in [0.4, 0.5) is 29.5 Å². The molecule has 3 aliphatic rings. The van der Waals surface area contributed by atoms with E-state index >= 15 is 0 Å². The molecular weight excluding hydrogens is 527 g/mol. The fraction of sp³-hybridized carbons (Fsp3) is 0.429. The van der Waals surface area contributed by atoms with Crippen molar-refractivity contribution >= 4 is 39.2 Å².